The van der Waals surface area contributed by atoms with E-state index < -0.39 is 0 Å². The Bertz CT molecular complexity index is 813. The zero-order chi connectivity index (χ0) is 15.0. The molecule has 21 heavy (non-hydrogen) atoms. The number of rotatable bonds is 2. The van der Waals surface area contributed by atoms with Crippen molar-refractivity contribution in [2.45, 2.75) is 11.8 Å². The average Bonchev–Trinajstić information content (AvgIpc) is 2.50. The maximum atomic E-state index is 14.3. The fraction of sp³-hybridized carbons (Fsp3) is 0.111. The summed E-state index contributed by atoms with van der Waals surface area (Å²) < 4.78 is 14.3. The molecule has 1 atom stereocenters. The van der Waals surface area contributed by atoms with Crippen molar-refractivity contribution in [2.75, 3.05) is 0 Å². The van der Waals surface area contributed by atoms with E-state index in [1.165, 1.54) is 10.9 Å². The molecule has 3 aromatic carbocycles. The van der Waals surface area contributed by atoms with Crippen LogP contribution in [0.4, 0.5) is 4.39 Å². The van der Waals surface area contributed by atoms with Gasteiger partial charge < -0.3 is 0 Å². The van der Waals surface area contributed by atoms with Gasteiger partial charge in [0.2, 0.25) is 0 Å². The van der Waals surface area contributed by atoms with Crippen LogP contribution in [0.3, 0.4) is 0 Å². The zero-order valence-corrected chi connectivity index (χ0v) is 13.7. The molecule has 0 N–H and O–H groups in total. The van der Waals surface area contributed by atoms with Crippen LogP contribution in [0, 0.1) is 12.7 Å². The summed E-state index contributed by atoms with van der Waals surface area (Å²) in [5.74, 6) is -0.370. The van der Waals surface area contributed by atoms with Crippen LogP contribution in [0.25, 0.3) is 10.8 Å². The predicted octanol–water partition coefficient (Wildman–Crippen LogP) is 6.43. The molecule has 3 heteroatoms. The molecule has 0 aromatic heterocycles. The van der Waals surface area contributed by atoms with E-state index >= 15 is 0 Å². The van der Waals surface area contributed by atoms with Gasteiger partial charge in [-0.15, -0.1) is 0 Å². The molecule has 0 radical (unpaired) electrons. The molecule has 0 saturated heterocycles. The molecule has 106 valence electrons. The fourth-order valence-corrected chi connectivity index (χ4v) is 3.51. The SMILES string of the molecule is Cc1ccc(C(Br)c2cccc(Cl)c2F)c2ccccc12. The second kappa shape index (κ2) is 5.78. The Morgan fingerprint density at radius 3 is 2.38 bits per heavy atom. The van der Waals surface area contributed by atoms with Gasteiger partial charge in [-0.3, -0.25) is 0 Å². The van der Waals surface area contributed by atoms with Gasteiger partial charge in [-0.2, -0.15) is 0 Å². The van der Waals surface area contributed by atoms with E-state index in [1.54, 1.807) is 18.2 Å². The Balaban J connectivity index is 2.21. The van der Waals surface area contributed by atoms with Gasteiger partial charge in [-0.25, -0.2) is 4.39 Å². The third-order valence-electron chi connectivity index (χ3n) is 3.70. The van der Waals surface area contributed by atoms with Crippen molar-refractivity contribution in [3.05, 3.63) is 82.1 Å². The van der Waals surface area contributed by atoms with E-state index in [2.05, 4.69) is 41.1 Å². The molecule has 0 spiro atoms. The van der Waals surface area contributed by atoms with Gasteiger partial charge in [-0.1, -0.05) is 76.1 Å². The Hall–Kier alpha value is -1.38. The Kier molecular flexibility index (Phi) is 4.01. The third kappa shape index (κ3) is 2.58. The lowest BCUT2D eigenvalue weighted by Crippen LogP contribution is -1.98. The van der Waals surface area contributed by atoms with Crippen LogP contribution < -0.4 is 0 Å². The molecule has 0 bridgehead atoms. The van der Waals surface area contributed by atoms with Gasteiger partial charge in [0.25, 0.3) is 0 Å². The van der Waals surface area contributed by atoms with Gasteiger partial charge in [0.1, 0.15) is 5.82 Å². The lowest BCUT2D eigenvalue weighted by molar-refractivity contribution is 0.614. The molecule has 3 rings (SSSR count). The fourth-order valence-electron chi connectivity index (χ4n) is 2.58. The lowest BCUT2D eigenvalue weighted by Gasteiger charge is -2.16. The summed E-state index contributed by atoms with van der Waals surface area (Å²) in [5, 5.41) is 2.45. The number of aryl methyl sites for hydroxylation is 1. The molecular weight excluding hydrogens is 351 g/mol. The number of alkyl halides is 1. The van der Waals surface area contributed by atoms with Crippen LogP contribution >= 0.6 is 27.5 Å². The first-order valence-electron chi connectivity index (χ1n) is 6.66. The van der Waals surface area contributed by atoms with Crippen molar-refractivity contribution >= 4 is 38.3 Å². The molecule has 0 heterocycles. The van der Waals surface area contributed by atoms with Gasteiger partial charge in [0.05, 0.1) is 9.85 Å². The standard InChI is InChI=1S/C18H13BrClF/c1-11-9-10-14(13-6-3-2-5-12(11)13)17(19)15-7-4-8-16(20)18(15)21/h2-10,17H,1H3. The summed E-state index contributed by atoms with van der Waals surface area (Å²) >= 11 is 9.52. The Morgan fingerprint density at radius 2 is 1.62 bits per heavy atom. The van der Waals surface area contributed by atoms with Gasteiger partial charge in [-0.05, 0) is 34.9 Å². The normalized spacial score (nSPS) is 12.6. The quantitative estimate of drug-likeness (QED) is 0.460. The second-order valence-electron chi connectivity index (χ2n) is 5.02. The summed E-state index contributed by atoms with van der Waals surface area (Å²) in [5.41, 5.74) is 2.80. The Morgan fingerprint density at radius 1 is 0.905 bits per heavy atom. The molecule has 0 aliphatic carbocycles. The highest BCUT2D eigenvalue weighted by molar-refractivity contribution is 9.09. The highest BCUT2D eigenvalue weighted by Gasteiger charge is 2.18. The number of benzene rings is 3. The van der Waals surface area contributed by atoms with E-state index in [1.807, 2.05) is 18.2 Å². The molecule has 0 saturated carbocycles. The Labute approximate surface area is 136 Å². The molecule has 0 aliphatic heterocycles. The van der Waals surface area contributed by atoms with E-state index in [9.17, 15) is 4.39 Å². The van der Waals surface area contributed by atoms with E-state index in [0.29, 0.717) is 5.56 Å². The van der Waals surface area contributed by atoms with Gasteiger partial charge >= 0.3 is 0 Å². The maximum Gasteiger partial charge on any atom is 0.146 e. The summed E-state index contributed by atoms with van der Waals surface area (Å²) in [4.78, 5) is -0.235. The molecule has 0 nitrogen and oxygen atoms in total. The minimum atomic E-state index is -0.370. The number of hydrogen-bond acceptors (Lipinski definition) is 0. The van der Waals surface area contributed by atoms with Crippen molar-refractivity contribution < 1.29 is 4.39 Å². The summed E-state index contributed by atoms with van der Waals surface area (Å²) in [6, 6.07) is 17.4. The van der Waals surface area contributed by atoms with Crippen molar-refractivity contribution in [3.8, 4) is 0 Å². The lowest BCUT2D eigenvalue weighted by atomic mass is 9.95. The van der Waals surface area contributed by atoms with E-state index in [-0.39, 0.29) is 15.7 Å². The predicted molar refractivity (Wildman–Crippen MR) is 90.9 cm³/mol. The smallest absolute Gasteiger partial charge is 0.146 e. The van der Waals surface area contributed by atoms with Crippen LogP contribution in [0.1, 0.15) is 21.5 Å². The first kappa shape index (κ1) is 14.6. The maximum absolute atomic E-state index is 14.3. The van der Waals surface area contributed by atoms with Crippen molar-refractivity contribution in [3.63, 3.8) is 0 Å². The average molecular weight is 364 g/mol. The summed E-state index contributed by atoms with van der Waals surface area (Å²) in [6.07, 6.45) is 0. The zero-order valence-electron chi connectivity index (χ0n) is 11.4. The summed E-state index contributed by atoms with van der Waals surface area (Å²) in [7, 11) is 0. The van der Waals surface area contributed by atoms with Gasteiger partial charge in [0.15, 0.2) is 0 Å². The van der Waals surface area contributed by atoms with Crippen molar-refractivity contribution in [1.82, 2.24) is 0 Å². The number of fused-ring (bicyclic) bond motifs is 1. The van der Waals surface area contributed by atoms with Crippen molar-refractivity contribution in [2.24, 2.45) is 0 Å². The van der Waals surface area contributed by atoms with Crippen molar-refractivity contribution in [1.29, 1.82) is 0 Å². The number of halogens is 3. The second-order valence-corrected chi connectivity index (χ2v) is 6.35. The minimum Gasteiger partial charge on any atom is -0.205 e. The van der Waals surface area contributed by atoms with E-state index in [0.717, 1.165) is 10.9 Å². The van der Waals surface area contributed by atoms with Crippen LogP contribution in [-0.2, 0) is 0 Å². The first-order chi connectivity index (χ1) is 10.1. The molecular formula is C18H13BrClF. The highest BCUT2D eigenvalue weighted by Crippen LogP contribution is 2.38. The molecule has 3 aromatic rings. The molecule has 0 aliphatic rings. The van der Waals surface area contributed by atoms with Crippen LogP contribution in [0.2, 0.25) is 5.02 Å². The highest BCUT2D eigenvalue weighted by atomic mass is 79.9. The molecule has 0 fully saturated rings. The van der Waals surface area contributed by atoms with E-state index in [4.69, 9.17) is 11.6 Å². The summed E-state index contributed by atoms with van der Waals surface area (Å²) in [6.45, 7) is 2.08. The first-order valence-corrected chi connectivity index (χ1v) is 7.95. The molecule has 1 unspecified atom stereocenters. The van der Waals surface area contributed by atoms with Crippen LogP contribution in [0.5, 0.6) is 0 Å². The topological polar surface area (TPSA) is 0 Å². The monoisotopic (exact) mass is 362 g/mol. The third-order valence-corrected chi connectivity index (χ3v) is 4.98. The largest absolute Gasteiger partial charge is 0.205 e. The number of hydrogen-bond donors (Lipinski definition) is 0. The van der Waals surface area contributed by atoms with Crippen LogP contribution in [-0.4, -0.2) is 0 Å². The molecule has 0 amide bonds. The van der Waals surface area contributed by atoms with Gasteiger partial charge in [0, 0.05) is 5.56 Å². The van der Waals surface area contributed by atoms with Crippen LogP contribution in [0.15, 0.2) is 54.6 Å². The minimum absolute atomic E-state index is 0.147.